The van der Waals surface area contributed by atoms with Crippen LogP contribution in [0, 0.1) is 0 Å². The lowest BCUT2D eigenvalue weighted by Crippen LogP contribution is -2.54. The van der Waals surface area contributed by atoms with E-state index in [0.29, 0.717) is 6.04 Å². The molecule has 12 heavy (non-hydrogen) atoms. The van der Waals surface area contributed by atoms with E-state index in [1.54, 1.807) is 0 Å². The lowest BCUT2D eigenvalue weighted by atomic mass is 10.2. The van der Waals surface area contributed by atoms with Gasteiger partial charge in [-0.25, -0.2) is 0 Å². The predicted molar refractivity (Wildman–Crippen MR) is 49.9 cm³/mol. The van der Waals surface area contributed by atoms with Crippen molar-refractivity contribution in [3.05, 3.63) is 22.6 Å². The number of hydrogen-bond donors (Lipinski definition) is 2. The van der Waals surface area contributed by atoms with E-state index in [4.69, 9.17) is 4.42 Å². The molecule has 0 radical (unpaired) electrons. The van der Waals surface area contributed by atoms with Crippen LogP contribution in [-0.2, 0) is 6.54 Å². The first-order valence-corrected chi connectivity index (χ1v) is 4.82. The van der Waals surface area contributed by atoms with Crippen LogP contribution in [0.15, 0.2) is 21.2 Å². The second kappa shape index (κ2) is 3.60. The van der Waals surface area contributed by atoms with E-state index < -0.39 is 0 Å². The fraction of sp³-hybridized carbons (Fsp3) is 0.500. The van der Waals surface area contributed by atoms with Crippen molar-refractivity contribution in [3.63, 3.8) is 0 Å². The van der Waals surface area contributed by atoms with Crippen molar-refractivity contribution in [1.82, 2.24) is 10.6 Å². The Balaban J connectivity index is 1.79. The van der Waals surface area contributed by atoms with E-state index in [1.807, 2.05) is 12.1 Å². The summed E-state index contributed by atoms with van der Waals surface area (Å²) in [5, 5.41) is 6.57. The Labute approximate surface area is 79.6 Å². The van der Waals surface area contributed by atoms with Crippen LogP contribution in [0.1, 0.15) is 5.76 Å². The Morgan fingerprint density at radius 3 is 2.92 bits per heavy atom. The Morgan fingerprint density at radius 1 is 1.58 bits per heavy atom. The monoisotopic (exact) mass is 230 g/mol. The number of furan rings is 1. The fourth-order valence-electron chi connectivity index (χ4n) is 1.12. The van der Waals surface area contributed by atoms with Gasteiger partial charge in [0.05, 0.1) is 6.54 Å². The van der Waals surface area contributed by atoms with E-state index in [0.717, 1.165) is 30.1 Å². The minimum Gasteiger partial charge on any atom is -0.453 e. The zero-order valence-corrected chi connectivity index (χ0v) is 8.23. The summed E-state index contributed by atoms with van der Waals surface area (Å²) < 4.78 is 6.13. The molecule has 0 aliphatic carbocycles. The van der Waals surface area contributed by atoms with Crippen molar-refractivity contribution in [3.8, 4) is 0 Å². The number of nitrogens with one attached hydrogen (secondary N) is 2. The summed E-state index contributed by atoms with van der Waals surface area (Å²) in [4.78, 5) is 0. The predicted octanol–water partition coefficient (Wildman–Crippen LogP) is 1.10. The number of halogens is 1. The zero-order chi connectivity index (χ0) is 8.39. The Kier molecular flexibility index (Phi) is 2.48. The molecule has 0 spiro atoms. The summed E-state index contributed by atoms with van der Waals surface area (Å²) in [6.45, 7) is 2.96. The Bertz CT molecular complexity index is 257. The van der Waals surface area contributed by atoms with Crippen LogP contribution in [0.4, 0.5) is 0 Å². The van der Waals surface area contributed by atoms with Gasteiger partial charge in [-0.05, 0) is 28.1 Å². The summed E-state index contributed by atoms with van der Waals surface area (Å²) in [5.41, 5.74) is 0. The molecule has 1 aromatic heterocycles. The highest BCUT2D eigenvalue weighted by Gasteiger charge is 2.15. The maximum Gasteiger partial charge on any atom is 0.169 e. The molecule has 1 fully saturated rings. The molecule has 66 valence electrons. The highest BCUT2D eigenvalue weighted by Crippen LogP contribution is 2.13. The molecule has 1 aliphatic rings. The first-order valence-electron chi connectivity index (χ1n) is 4.03. The van der Waals surface area contributed by atoms with E-state index in [2.05, 4.69) is 26.6 Å². The smallest absolute Gasteiger partial charge is 0.169 e. The van der Waals surface area contributed by atoms with Crippen molar-refractivity contribution in [2.75, 3.05) is 13.1 Å². The van der Waals surface area contributed by atoms with Crippen LogP contribution in [0.5, 0.6) is 0 Å². The second-order valence-electron chi connectivity index (χ2n) is 2.94. The van der Waals surface area contributed by atoms with Gasteiger partial charge in [0.1, 0.15) is 5.76 Å². The molecule has 1 saturated heterocycles. The van der Waals surface area contributed by atoms with Gasteiger partial charge in [-0.1, -0.05) is 0 Å². The molecular weight excluding hydrogens is 220 g/mol. The number of hydrogen-bond acceptors (Lipinski definition) is 3. The second-order valence-corrected chi connectivity index (χ2v) is 3.72. The highest BCUT2D eigenvalue weighted by molar-refractivity contribution is 9.10. The quantitative estimate of drug-likeness (QED) is 0.818. The van der Waals surface area contributed by atoms with Crippen LogP contribution < -0.4 is 10.6 Å². The van der Waals surface area contributed by atoms with Gasteiger partial charge >= 0.3 is 0 Å². The Morgan fingerprint density at radius 2 is 2.42 bits per heavy atom. The molecule has 0 unspecified atom stereocenters. The maximum atomic E-state index is 5.34. The van der Waals surface area contributed by atoms with Crippen LogP contribution in [0.25, 0.3) is 0 Å². The van der Waals surface area contributed by atoms with Gasteiger partial charge in [-0.15, -0.1) is 0 Å². The van der Waals surface area contributed by atoms with E-state index in [1.165, 1.54) is 0 Å². The molecule has 0 amide bonds. The molecule has 2 heterocycles. The minimum atomic E-state index is 0.619. The summed E-state index contributed by atoms with van der Waals surface area (Å²) >= 11 is 3.26. The van der Waals surface area contributed by atoms with E-state index >= 15 is 0 Å². The van der Waals surface area contributed by atoms with Gasteiger partial charge < -0.3 is 15.1 Å². The fourth-order valence-corrected chi connectivity index (χ4v) is 1.46. The topological polar surface area (TPSA) is 37.2 Å². The van der Waals surface area contributed by atoms with Gasteiger partial charge in [0.25, 0.3) is 0 Å². The summed E-state index contributed by atoms with van der Waals surface area (Å²) in [6.07, 6.45) is 0. The van der Waals surface area contributed by atoms with Gasteiger partial charge in [-0.3, -0.25) is 0 Å². The van der Waals surface area contributed by atoms with Gasteiger partial charge in [0.15, 0.2) is 4.67 Å². The zero-order valence-electron chi connectivity index (χ0n) is 6.64. The minimum absolute atomic E-state index is 0.619. The summed E-state index contributed by atoms with van der Waals surface area (Å²) in [7, 11) is 0. The molecule has 3 nitrogen and oxygen atoms in total. The van der Waals surface area contributed by atoms with Crippen molar-refractivity contribution in [1.29, 1.82) is 0 Å². The van der Waals surface area contributed by atoms with Crippen LogP contribution in [-0.4, -0.2) is 19.1 Å². The summed E-state index contributed by atoms with van der Waals surface area (Å²) in [6, 6.07) is 4.51. The Hall–Kier alpha value is -0.320. The third kappa shape index (κ3) is 1.88. The molecule has 0 atom stereocenters. The molecule has 2 N–H and O–H groups in total. The average molecular weight is 231 g/mol. The van der Waals surface area contributed by atoms with E-state index in [-0.39, 0.29) is 0 Å². The SMILES string of the molecule is Brc1ccc(CNC2CNC2)o1. The van der Waals surface area contributed by atoms with Crippen molar-refractivity contribution < 1.29 is 4.42 Å². The molecule has 2 rings (SSSR count). The third-order valence-electron chi connectivity index (χ3n) is 1.98. The van der Waals surface area contributed by atoms with Crippen molar-refractivity contribution in [2.45, 2.75) is 12.6 Å². The molecule has 0 bridgehead atoms. The average Bonchev–Trinajstić information content (AvgIpc) is 2.32. The number of rotatable bonds is 3. The molecule has 1 aromatic rings. The van der Waals surface area contributed by atoms with Crippen molar-refractivity contribution >= 4 is 15.9 Å². The van der Waals surface area contributed by atoms with Gasteiger partial charge in [0, 0.05) is 19.1 Å². The molecular formula is C8H11BrN2O. The first-order chi connectivity index (χ1) is 5.84. The maximum absolute atomic E-state index is 5.34. The molecule has 0 saturated carbocycles. The van der Waals surface area contributed by atoms with Crippen LogP contribution >= 0.6 is 15.9 Å². The van der Waals surface area contributed by atoms with Crippen LogP contribution in [0.3, 0.4) is 0 Å². The largest absolute Gasteiger partial charge is 0.453 e. The molecule has 1 aliphatic heterocycles. The highest BCUT2D eigenvalue weighted by atomic mass is 79.9. The summed E-state index contributed by atoms with van der Waals surface area (Å²) in [5.74, 6) is 0.980. The normalized spacial score (nSPS) is 17.8. The van der Waals surface area contributed by atoms with Gasteiger partial charge in [0.2, 0.25) is 0 Å². The molecule has 4 heteroatoms. The van der Waals surface area contributed by atoms with Crippen molar-refractivity contribution in [2.24, 2.45) is 0 Å². The van der Waals surface area contributed by atoms with Crippen LogP contribution in [0.2, 0.25) is 0 Å². The standard InChI is InChI=1S/C8H11BrN2O/c9-8-2-1-7(12-8)5-11-6-3-10-4-6/h1-2,6,10-11H,3-5H2. The lowest BCUT2D eigenvalue weighted by molar-refractivity contribution is 0.347. The van der Waals surface area contributed by atoms with E-state index in [9.17, 15) is 0 Å². The lowest BCUT2D eigenvalue weighted by Gasteiger charge is -2.27. The molecule has 0 aromatic carbocycles. The first kappa shape index (κ1) is 8.29. The van der Waals surface area contributed by atoms with Gasteiger partial charge in [-0.2, -0.15) is 0 Å². The third-order valence-corrected chi connectivity index (χ3v) is 2.40.